The third kappa shape index (κ3) is 3.03. The summed E-state index contributed by atoms with van der Waals surface area (Å²) in [6, 6.07) is 0. The molecule has 2 amide bonds. The Bertz CT molecular complexity index is 190. The number of nitrogens with one attached hydrogen (secondary N) is 1. The number of carbonyl (C=O) groups excluding carboxylic acids is 2. The molecule has 3 nitrogen and oxygen atoms in total. The normalized spacial score (nSPS) is 20.7. The summed E-state index contributed by atoms with van der Waals surface area (Å²) >= 11 is 4.23. The molecule has 1 unspecified atom stereocenters. The molecule has 1 aliphatic carbocycles. The minimum atomic E-state index is -0.314. The molecule has 0 saturated heterocycles. The predicted molar refractivity (Wildman–Crippen MR) is 53.6 cm³/mol. The van der Waals surface area contributed by atoms with E-state index in [1.54, 1.807) is 0 Å². The van der Waals surface area contributed by atoms with Crippen molar-refractivity contribution in [2.45, 2.75) is 37.4 Å². The maximum Gasteiger partial charge on any atom is 0.239 e. The Morgan fingerprint density at radius 2 is 2.00 bits per heavy atom. The fourth-order valence-electron chi connectivity index (χ4n) is 1.81. The second-order valence-corrected chi connectivity index (χ2v) is 4.03. The lowest BCUT2D eigenvalue weighted by Crippen LogP contribution is -2.36. The van der Waals surface area contributed by atoms with Crippen molar-refractivity contribution in [3.05, 3.63) is 0 Å². The van der Waals surface area contributed by atoms with Crippen molar-refractivity contribution in [3.63, 3.8) is 0 Å². The van der Waals surface area contributed by atoms with Crippen LogP contribution in [-0.2, 0) is 9.59 Å². The van der Waals surface area contributed by atoms with E-state index >= 15 is 0 Å². The maximum atomic E-state index is 11.2. The zero-order valence-electron chi connectivity index (χ0n) is 7.53. The molecule has 0 bridgehead atoms. The van der Waals surface area contributed by atoms with Crippen LogP contribution in [0.4, 0.5) is 0 Å². The Kier molecular flexibility index (Phi) is 4.28. The van der Waals surface area contributed by atoms with Gasteiger partial charge in [0.15, 0.2) is 0 Å². The van der Waals surface area contributed by atoms with Crippen molar-refractivity contribution >= 4 is 24.9 Å². The van der Waals surface area contributed by atoms with E-state index in [1.807, 2.05) is 0 Å². The number of imide groups is 1. The first-order valence-electron chi connectivity index (χ1n) is 4.68. The van der Waals surface area contributed by atoms with E-state index in [0.29, 0.717) is 12.3 Å². The summed E-state index contributed by atoms with van der Waals surface area (Å²) in [7, 11) is 0. The minimum Gasteiger partial charge on any atom is -0.298 e. The zero-order chi connectivity index (χ0) is 9.68. The molecule has 0 radical (unpaired) electrons. The van der Waals surface area contributed by atoms with Crippen molar-refractivity contribution in [2.75, 3.05) is 0 Å². The Balaban J connectivity index is 2.39. The fourth-order valence-corrected chi connectivity index (χ4v) is 2.18. The van der Waals surface area contributed by atoms with Crippen LogP contribution >= 0.6 is 12.6 Å². The fraction of sp³-hybridized carbons (Fsp3) is 0.778. The molecule has 0 aromatic heterocycles. The summed E-state index contributed by atoms with van der Waals surface area (Å²) in [5, 5.41) is 1.83. The molecule has 0 aromatic carbocycles. The molecule has 0 aliphatic heterocycles. The molecule has 74 valence electrons. The smallest absolute Gasteiger partial charge is 0.239 e. The van der Waals surface area contributed by atoms with Gasteiger partial charge in [-0.25, -0.2) is 0 Å². The quantitative estimate of drug-likeness (QED) is 0.531. The lowest BCUT2D eigenvalue weighted by atomic mass is 9.86. The van der Waals surface area contributed by atoms with Crippen molar-refractivity contribution in [2.24, 2.45) is 5.92 Å². The molecule has 1 rings (SSSR count). The van der Waals surface area contributed by atoms with Gasteiger partial charge in [-0.3, -0.25) is 14.9 Å². The summed E-state index contributed by atoms with van der Waals surface area (Å²) in [5.41, 5.74) is 0. The Morgan fingerprint density at radius 1 is 1.38 bits per heavy atom. The Hall–Kier alpha value is -0.510. The Labute approximate surface area is 83.7 Å². The van der Waals surface area contributed by atoms with Crippen LogP contribution in [0.25, 0.3) is 0 Å². The molecule has 1 aliphatic rings. The summed E-state index contributed by atoms with van der Waals surface area (Å²) in [6.07, 6.45) is 6.15. The first-order valence-corrected chi connectivity index (χ1v) is 5.19. The van der Waals surface area contributed by atoms with E-state index < -0.39 is 0 Å². The van der Waals surface area contributed by atoms with Crippen LogP contribution in [0.5, 0.6) is 0 Å². The molecule has 1 atom stereocenters. The van der Waals surface area contributed by atoms with E-state index in [1.165, 1.54) is 19.3 Å². The SMILES string of the molecule is O=CNC(=O)C(S)C1CCCCC1. The van der Waals surface area contributed by atoms with Gasteiger partial charge in [-0.1, -0.05) is 19.3 Å². The van der Waals surface area contributed by atoms with E-state index in [2.05, 4.69) is 17.9 Å². The molecular formula is C9H15NO2S. The van der Waals surface area contributed by atoms with Crippen LogP contribution in [0.1, 0.15) is 32.1 Å². The molecule has 1 N–H and O–H groups in total. The molecule has 0 spiro atoms. The highest BCUT2D eigenvalue weighted by Gasteiger charge is 2.25. The molecule has 0 heterocycles. The van der Waals surface area contributed by atoms with E-state index in [0.717, 1.165) is 12.8 Å². The van der Waals surface area contributed by atoms with Crippen LogP contribution in [0.3, 0.4) is 0 Å². The number of carbonyl (C=O) groups is 2. The highest BCUT2D eigenvalue weighted by molar-refractivity contribution is 7.81. The maximum absolute atomic E-state index is 11.2. The standard InChI is InChI=1S/C9H15NO2S/c11-6-10-9(12)8(13)7-4-2-1-3-5-7/h6-8,13H,1-5H2,(H,10,11,12). The highest BCUT2D eigenvalue weighted by atomic mass is 32.1. The predicted octanol–water partition coefficient (Wildman–Crippen LogP) is 1.14. The first-order chi connectivity index (χ1) is 6.25. The third-order valence-electron chi connectivity index (χ3n) is 2.57. The van der Waals surface area contributed by atoms with Gasteiger partial charge in [0.05, 0.1) is 5.25 Å². The lowest BCUT2D eigenvalue weighted by molar-refractivity contribution is -0.125. The number of amides is 2. The first kappa shape index (κ1) is 10.6. The summed E-state index contributed by atoms with van der Waals surface area (Å²) in [5.74, 6) is 0.0854. The lowest BCUT2D eigenvalue weighted by Gasteiger charge is -2.25. The van der Waals surface area contributed by atoms with Gasteiger partial charge in [0.2, 0.25) is 12.3 Å². The van der Waals surface area contributed by atoms with Crippen LogP contribution in [0.2, 0.25) is 0 Å². The van der Waals surface area contributed by atoms with Gasteiger partial charge in [0.25, 0.3) is 0 Å². The van der Waals surface area contributed by atoms with Gasteiger partial charge in [0, 0.05) is 0 Å². The number of rotatable bonds is 3. The summed E-state index contributed by atoms with van der Waals surface area (Å²) < 4.78 is 0. The minimum absolute atomic E-state index is 0.259. The summed E-state index contributed by atoms with van der Waals surface area (Å²) in [4.78, 5) is 21.3. The largest absolute Gasteiger partial charge is 0.298 e. The van der Waals surface area contributed by atoms with Gasteiger partial charge in [0.1, 0.15) is 0 Å². The van der Waals surface area contributed by atoms with E-state index in [-0.39, 0.29) is 11.2 Å². The van der Waals surface area contributed by atoms with Crippen LogP contribution in [0.15, 0.2) is 0 Å². The molecule has 13 heavy (non-hydrogen) atoms. The van der Waals surface area contributed by atoms with Gasteiger partial charge < -0.3 is 0 Å². The van der Waals surface area contributed by atoms with Crippen molar-refractivity contribution in [1.29, 1.82) is 0 Å². The van der Waals surface area contributed by atoms with Crippen LogP contribution < -0.4 is 5.32 Å². The topological polar surface area (TPSA) is 46.2 Å². The molecule has 4 heteroatoms. The van der Waals surface area contributed by atoms with Gasteiger partial charge >= 0.3 is 0 Å². The van der Waals surface area contributed by atoms with E-state index in [4.69, 9.17) is 0 Å². The van der Waals surface area contributed by atoms with Gasteiger partial charge in [-0.15, -0.1) is 0 Å². The number of hydrogen-bond acceptors (Lipinski definition) is 3. The van der Waals surface area contributed by atoms with Crippen LogP contribution in [-0.4, -0.2) is 17.6 Å². The molecule has 1 fully saturated rings. The second-order valence-electron chi connectivity index (χ2n) is 3.47. The zero-order valence-corrected chi connectivity index (χ0v) is 8.43. The molecule has 1 saturated carbocycles. The van der Waals surface area contributed by atoms with Crippen molar-refractivity contribution in [1.82, 2.24) is 5.32 Å². The monoisotopic (exact) mass is 201 g/mol. The average Bonchev–Trinajstić information content (AvgIpc) is 2.18. The number of hydrogen-bond donors (Lipinski definition) is 2. The molecular weight excluding hydrogens is 186 g/mol. The van der Waals surface area contributed by atoms with Crippen molar-refractivity contribution < 1.29 is 9.59 Å². The van der Waals surface area contributed by atoms with Gasteiger partial charge in [-0.2, -0.15) is 12.6 Å². The van der Waals surface area contributed by atoms with Gasteiger partial charge in [-0.05, 0) is 18.8 Å². The van der Waals surface area contributed by atoms with Crippen molar-refractivity contribution in [3.8, 4) is 0 Å². The Morgan fingerprint density at radius 3 is 2.54 bits per heavy atom. The number of thiol groups is 1. The summed E-state index contributed by atoms with van der Waals surface area (Å²) in [6.45, 7) is 0. The third-order valence-corrected chi connectivity index (χ3v) is 3.22. The second kappa shape index (κ2) is 5.27. The van der Waals surface area contributed by atoms with E-state index in [9.17, 15) is 9.59 Å². The van der Waals surface area contributed by atoms with Crippen LogP contribution in [0, 0.1) is 5.92 Å². The molecule has 0 aromatic rings. The highest BCUT2D eigenvalue weighted by Crippen LogP contribution is 2.28. The average molecular weight is 201 g/mol.